The average Bonchev–Trinajstić information content (AvgIpc) is 2.85. The van der Waals surface area contributed by atoms with E-state index in [1.807, 2.05) is 0 Å². The van der Waals surface area contributed by atoms with Crippen molar-refractivity contribution in [3.63, 3.8) is 0 Å². The number of hydrogen-bond acceptors (Lipinski definition) is 4. The summed E-state index contributed by atoms with van der Waals surface area (Å²) in [5.74, 6) is 0. The monoisotopic (exact) mass is 325 g/mol. The predicted molar refractivity (Wildman–Crippen MR) is 66.2 cm³/mol. The van der Waals surface area contributed by atoms with E-state index in [0.717, 1.165) is 10.2 Å². The fraction of sp³-hybridized carbons (Fsp3) is 0.556. The van der Waals surface area contributed by atoms with Gasteiger partial charge in [-0.25, -0.2) is 8.42 Å². The van der Waals surface area contributed by atoms with Crippen molar-refractivity contribution in [2.75, 3.05) is 20.2 Å². The highest BCUT2D eigenvalue weighted by atomic mass is 79.9. The summed E-state index contributed by atoms with van der Waals surface area (Å²) in [5.41, 5.74) is 0. The molecule has 1 aliphatic heterocycles. The second-order valence-electron chi connectivity index (χ2n) is 3.57. The van der Waals surface area contributed by atoms with Gasteiger partial charge in [-0.15, -0.1) is 11.3 Å². The van der Waals surface area contributed by atoms with Crippen molar-refractivity contribution in [2.45, 2.75) is 16.7 Å². The molecule has 0 aliphatic carbocycles. The van der Waals surface area contributed by atoms with Crippen LogP contribution in [0, 0.1) is 0 Å². The summed E-state index contributed by atoms with van der Waals surface area (Å²) in [6, 6.07) is 3.38. The third kappa shape index (κ3) is 2.33. The minimum atomic E-state index is -3.32. The third-order valence-electron chi connectivity index (χ3n) is 2.58. The molecule has 0 N–H and O–H groups in total. The van der Waals surface area contributed by atoms with Crippen molar-refractivity contribution < 1.29 is 13.2 Å². The van der Waals surface area contributed by atoms with Crippen molar-refractivity contribution in [3.05, 3.63) is 15.9 Å². The second kappa shape index (κ2) is 4.73. The van der Waals surface area contributed by atoms with E-state index >= 15 is 0 Å². The summed E-state index contributed by atoms with van der Waals surface area (Å²) in [6.45, 7) is 0.991. The molecule has 0 aromatic carbocycles. The van der Waals surface area contributed by atoms with Crippen LogP contribution in [-0.4, -0.2) is 39.0 Å². The van der Waals surface area contributed by atoms with E-state index in [-0.39, 0.29) is 6.10 Å². The lowest BCUT2D eigenvalue weighted by Crippen LogP contribution is -2.29. The maximum absolute atomic E-state index is 12.2. The molecule has 1 atom stereocenters. The number of rotatable bonds is 3. The lowest BCUT2D eigenvalue weighted by Gasteiger charge is -2.14. The Labute approximate surface area is 107 Å². The molecule has 1 fully saturated rings. The Bertz CT molecular complexity index is 471. The third-order valence-corrected chi connectivity index (χ3v) is 6.54. The summed E-state index contributed by atoms with van der Waals surface area (Å²) in [6.07, 6.45) is 0.792. The second-order valence-corrected chi connectivity index (χ2v) is 8.20. The van der Waals surface area contributed by atoms with Gasteiger partial charge in [-0.3, -0.25) is 0 Å². The fourth-order valence-corrected chi connectivity index (χ4v) is 5.32. The summed E-state index contributed by atoms with van der Waals surface area (Å²) >= 11 is 4.51. The molecule has 1 saturated heterocycles. The molecule has 4 nitrogen and oxygen atoms in total. The highest BCUT2D eigenvalue weighted by molar-refractivity contribution is 9.11. The smallest absolute Gasteiger partial charge is 0.252 e. The number of ether oxygens (including phenoxy) is 1. The minimum absolute atomic E-state index is 0.0261. The molecule has 0 spiro atoms. The Kier molecular flexibility index (Phi) is 3.70. The van der Waals surface area contributed by atoms with Crippen LogP contribution >= 0.6 is 27.3 Å². The topological polar surface area (TPSA) is 46.6 Å². The van der Waals surface area contributed by atoms with Crippen LogP contribution in [0.1, 0.15) is 6.42 Å². The lowest BCUT2D eigenvalue weighted by molar-refractivity contribution is 0.115. The molecule has 0 radical (unpaired) electrons. The first-order valence-electron chi connectivity index (χ1n) is 4.82. The highest BCUT2D eigenvalue weighted by Crippen LogP contribution is 2.30. The first-order valence-corrected chi connectivity index (χ1v) is 7.87. The first kappa shape index (κ1) is 12.5. The number of nitrogens with zero attached hydrogens (tertiary/aromatic N) is 1. The minimum Gasteiger partial charge on any atom is -0.380 e. The van der Waals surface area contributed by atoms with Crippen LogP contribution in [0.2, 0.25) is 0 Å². The van der Waals surface area contributed by atoms with Crippen LogP contribution in [-0.2, 0) is 14.8 Å². The summed E-state index contributed by atoms with van der Waals surface area (Å²) in [4.78, 5) is 0. The summed E-state index contributed by atoms with van der Waals surface area (Å²) in [7, 11) is -1.71. The molecule has 0 amide bonds. The number of thiophene rings is 1. The zero-order valence-corrected chi connectivity index (χ0v) is 11.9. The van der Waals surface area contributed by atoms with E-state index < -0.39 is 10.0 Å². The Balaban J connectivity index is 2.21. The molecular weight excluding hydrogens is 314 g/mol. The molecule has 90 valence electrons. The van der Waals surface area contributed by atoms with Crippen LogP contribution in [0.4, 0.5) is 0 Å². The van der Waals surface area contributed by atoms with E-state index in [4.69, 9.17) is 4.74 Å². The molecule has 1 aromatic rings. The normalized spacial score (nSPS) is 22.8. The lowest BCUT2D eigenvalue weighted by atomic mass is 10.3. The molecule has 2 heterocycles. The maximum atomic E-state index is 12.2. The molecule has 0 saturated carbocycles. The van der Waals surface area contributed by atoms with Crippen molar-refractivity contribution in [3.8, 4) is 0 Å². The SMILES string of the molecule is COC1CCN(S(=O)(=O)c2ccc(Br)s2)C1. The van der Waals surface area contributed by atoms with Crippen molar-refractivity contribution in [1.29, 1.82) is 0 Å². The number of hydrogen-bond donors (Lipinski definition) is 0. The van der Waals surface area contributed by atoms with Gasteiger partial charge in [0.1, 0.15) is 4.21 Å². The molecule has 1 aliphatic rings. The largest absolute Gasteiger partial charge is 0.380 e. The van der Waals surface area contributed by atoms with Crippen molar-refractivity contribution in [2.24, 2.45) is 0 Å². The number of sulfonamides is 1. The van der Waals surface area contributed by atoms with Gasteiger partial charge in [-0.2, -0.15) is 4.31 Å². The van der Waals surface area contributed by atoms with E-state index in [9.17, 15) is 8.42 Å². The first-order chi connectivity index (χ1) is 7.54. The molecule has 16 heavy (non-hydrogen) atoms. The summed E-state index contributed by atoms with van der Waals surface area (Å²) in [5, 5.41) is 0. The van der Waals surface area contributed by atoms with Crippen LogP contribution < -0.4 is 0 Å². The van der Waals surface area contributed by atoms with E-state index in [2.05, 4.69) is 15.9 Å². The Morgan fingerprint density at radius 3 is 2.81 bits per heavy atom. The van der Waals surface area contributed by atoms with Gasteiger partial charge in [0.25, 0.3) is 10.0 Å². The number of methoxy groups -OCH3 is 1. The average molecular weight is 326 g/mol. The standard InChI is InChI=1S/C9H12BrNO3S2/c1-14-7-4-5-11(6-7)16(12,13)9-3-2-8(10)15-9/h2-3,7H,4-6H2,1H3. The molecule has 2 rings (SSSR count). The Morgan fingerprint density at radius 1 is 1.56 bits per heavy atom. The maximum Gasteiger partial charge on any atom is 0.252 e. The predicted octanol–water partition coefficient (Wildman–Crippen LogP) is 1.92. The van der Waals surface area contributed by atoms with Crippen molar-refractivity contribution >= 4 is 37.3 Å². The number of halogens is 1. The fourth-order valence-electron chi connectivity index (χ4n) is 1.67. The van der Waals surface area contributed by atoms with Gasteiger partial charge in [0.05, 0.1) is 9.89 Å². The van der Waals surface area contributed by atoms with Gasteiger partial charge in [0, 0.05) is 20.2 Å². The van der Waals surface area contributed by atoms with Gasteiger partial charge < -0.3 is 4.74 Å². The highest BCUT2D eigenvalue weighted by Gasteiger charge is 2.33. The summed E-state index contributed by atoms with van der Waals surface area (Å²) < 4.78 is 32.2. The quantitative estimate of drug-likeness (QED) is 0.853. The Hall–Kier alpha value is 0.0500. The van der Waals surface area contributed by atoms with Gasteiger partial charge in [0.15, 0.2) is 0 Å². The van der Waals surface area contributed by atoms with Gasteiger partial charge in [-0.05, 0) is 34.5 Å². The van der Waals surface area contributed by atoms with Crippen LogP contribution in [0.15, 0.2) is 20.1 Å². The molecule has 1 aromatic heterocycles. The van der Waals surface area contributed by atoms with Gasteiger partial charge in [-0.1, -0.05) is 0 Å². The molecule has 7 heteroatoms. The van der Waals surface area contributed by atoms with E-state index in [0.29, 0.717) is 17.3 Å². The zero-order valence-electron chi connectivity index (χ0n) is 8.72. The Morgan fingerprint density at radius 2 is 2.31 bits per heavy atom. The van der Waals surface area contributed by atoms with Gasteiger partial charge in [0.2, 0.25) is 0 Å². The van der Waals surface area contributed by atoms with Gasteiger partial charge >= 0.3 is 0 Å². The zero-order chi connectivity index (χ0) is 11.8. The van der Waals surface area contributed by atoms with Crippen LogP contribution in [0.5, 0.6) is 0 Å². The van der Waals surface area contributed by atoms with Crippen LogP contribution in [0.25, 0.3) is 0 Å². The van der Waals surface area contributed by atoms with E-state index in [1.165, 1.54) is 15.6 Å². The van der Waals surface area contributed by atoms with E-state index in [1.54, 1.807) is 19.2 Å². The molecular formula is C9H12BrNO3S2. The van der Waals surface area contributed by atoms with Crippen LogP contribution in [0.3, 0.4) is 0 Å². The molecule has 0 bridgehead atoms. The van der Waals surface area contributed by atoms with Crippen molar-refractivity contribution in [1.82, 2.24) is 4.31 Å². The molecule has 1 unspecified atom stereocenters.